The molecular weight excluding hydrogens is 487 g/mol. The lowest BCUT2D eigenvalue weighted by Gasteiger charge is -2.34. The summed E-state index contributed by atoms with van der Waals surface area (Å²) in [6.07, 6.45) is 5.38. The zero-order chi connectivity index (χ0) is 19.5. The molecule has 2 heterocycles. The van der Waals surface area contributed by atoms with Gasteiger partial charge in [0.2, 0.25) is 0 Å². The minimum absolute atomic E-state index is 0. The number of nitrogens with one attached hydrogen (secondary N) is 1. The second kappa shape index (κ2) is 14.5. The Morgan fingerprint density at radius 3 is 2.64 bits per heavy atom. The number of methoxy groups -OCH3 is 1. The molecule has 1 aromatic heterocycles. The molecule has 0 atom stereocenters. The summed E-state index contributed by atoms with van der Waals surface area (Å²) >= 11 is 1.81. The van der Waals surface area contributed by atoms with Gasteiger partial charge in [-0.2, -0.15) is 0 Å². The van der Waals surface area contributed by atoms with E-state index in [1.807, 2.05) is 11.3 Å². The van der Waals surface area contributed by atoms with Gasteiger partial charge in [0.1, 0.15) is 0 Å². The van der Waals surface area contributed by atoms with Crippen molar-refractivity contribution in [3.8, 4) is 0 Å². The average Bonchev–Trinajstić information content (AvgIpc) is 3.05. The molecule has 0 spiro atoms. The number of aliphatic imine (C=N–C) groups is 1. The van der Waals surface area contributed by atoms with Crippen LogP contribution in [0, 0.1) is 6.92 Å². The number of aryl methyl sites for hydroxylation is 2. The van der Waals surface area contributed by atoms with Gasteiger partial charge in [-0.1, -0.05) is 6.92 Å². The minimum Gasteiger partial charge on any atom is -0.385 e. The Morgan fingerprint density at radius 1 is 1.29 bits per heavy atom. The van der Waals surface area contributed by atoms with E-state index in [4.69, 9.17) is 19.5 Å². The van der Waals surface area contributed by atoms with Gasteiger partial charge >= 0.3 is 0 Å². The van der Waals surface area contributed by atoms with Gasteiger partial charge in [-0.3, -0.25) is 4.99 Å². The molecule has 1 saturated heterocycles. The van der Waals surface area contributed by atoms with Gasteiger partial charge < -0.3 is 19.7 Å². The monoisotopic (exact) mass is 524 g/mol. The predicted molar refractivity (Wildman–Crippen MR) is 128 cm³/mol. The van der Waals surface area contributed by atoms with Crippen LogP contribution in [-0.4, -0.2) is 68.4 Å². The van der Waals surface area contributed by atoms with E-state index < -0.39 is 0 Å². The van der Waals surface area contributed by atoms with Gasteiger partial charge in [0.05, 0.1) is 16.8 Å². The zero-order valence-corrected chi connectivity index (χ0v) is 21.0. The van der Waals surface area contributed by atoms with Crippen LogP contribution in [0.3, 0.4) is 0 Å². The number of halogens is 1. The summed E-state index contributed by atoms with van der Waals surface area (Å²) in [5.74, 6) is 1.03. The van der Waals surface area contributed by atoms with Crippen LogP contribution in [0.1, 0.15) is 48.7 Å². The maximum atomic E-state index is 5.96. The molecule has 1 fully saturated rings. The maximum absolute atomic E-state index is 5.96. The largest absolute Gasteiger partial charge is 0.385 e. The number of hydrogen-bond donors (Lipinski definition) is 1. The molecule has 0 radical (unpaired) electrons. The van der Waals surface area contributed by atoms with E-state index in [1.165, 1.54) is 15.6 Å². The molecule has 0 unspecified atom stereocenters. The van der Waals surface area contributed by atoms with E-state index in [2.05, 4.69) is 31.0 Å². The lowest BCUT2D eigenvalue weighted by molar-refractivity contribution is 0.00991. The SMILES string of the molecule is CCNC(=NCCc1nc(CC)c(C)s1)N1CCC(OCCCOC)CC1.I. The lowest BCUT2D eigenvalue weighted by Crippen LogP contribution is -2.47. The van der Waals surface area contributed by atoms with Crippen LogP contribution in [-0.2, 0) is 22.3 Å². The first-order valence-corrected chi connectivity index (χ1v) is 11.1. The molecule has 0 bridgehead atoms. The molecule has 0 aliphatic carbocycles. The number of rotatable bonds is 10. The van der Waals surface area contributed by atoms with Crippen LogP contribution in [0.2, 0.25) is 0 Å². The Balaban J connectivity index is 0.00000392. The van der Waals surface area contributed by atoms with Crippen molar-refractivity contribution in [1.82, 2.24) is 15.2 Å². The first-order valence-electron chi connectivity index (χ1n) is 10.3. The topological polar surface area (TPSA) is 59.0 Å². The number of hydrogen-bond acceptors (Lipinski definition) is 5. The molecule has 2 rings (SSSR count). The Morgan fingerprint density at radius 2 is 2.04 bits per heavy atom. The molecule has 1 aliphatic heterocycles. The highest BCUT2D eigenvalue weighted by molar-refractivity contribution is 14.0. The standard InChI is InChI=1S/C20H36N4O2S.HI/c1-5-18-16(3)27-19(23-18)8-11-22-20(21-6-2)24-12-9-17(10-13-24)26-15-7-14-25-4;/h17H,5-15H2,1-4H3,(H,21,22);1H. The second-order valence-corrected chi connectivity index (χ2v) is 8.14. The number of guanidine groups is 1. The highest BCUT2D eigenvalue weighted by atomic mass is 127. The summed E-state index contributed by atoms with van der Waals surface area (Å²) in [6.45, 7) is 11.7. The van der Waals surface area contributed by atoms with Crippen LogP contribution in [0.5, 0.6) is 0 Å². The number of likely N-dealkylation sites (tertiary alicyclic amines) is 1. The Bertz CT molecular complexity index is 575. The van der Waals surface area contributed by atoms with Crippen molar-refractivity contribution >= 4 is 41.3 Å². The van der Waals surface area contributed by atoms with Gasteiger partial charge in [0.15, 0.2) is 5.96 Å². The molecule has 6 nitrogen and oxygen atoms in total. The number of piperidine rings is 1. The van der Waals surface area contributed by atoms with Crippen molar-refractivity contribution in [1.29, 1.82) is 0 Å². The van der Waals surface area contributed by atoms with Gasteiger partial charge in [-0.25, -0.2) is 4.98 Å². The van der Waals surface area contributed by atoms with Crippen molar-refractivity contribution < 1.29 is 9.47 Å². The van der Waals surface area contributed by atoms with Crippen molar-refractivity contribution in [3.05, 3.63) is 15.6 Å². The molecule has 28 heavy (non-hydrogen) atoms. The normalized spacial score (nSPS) is 15.6. The second-order valence-electron chi connectivity index (χ2n) is 6.85. The van der Waals surface area contributed by atoms with Crippen molar-refractivity contribution in [2.24, 2.45) is 4.99 Å². The summed E-state index contributed by atoms with van der Waals surface area (Å²) < 4.78 is 11.0. The first kappa shape index (κ1) is 25.6. The minimum atomic E-state index is 0. The van der Waals surface area contributed by atoms with E-state index in [1.54, 1.807) is 7.11 Å². The van der Waals surface area contributed by atoms with Gasteiger partial charge in [0, 0.05) is 57.8 Å². The molecule has 1 aromatic rings. The number of nitrogens with zero attached hydrogens (tertiary/aromatic N) is 3. The first-order chi connectivity index (χ1) is 13.2. The van der Waals surface area contributed by atoms with Crippen LogP contribution in [0.4, 0.5) is 0 Å². The van der Waals surface area contributed by atoms with Crippen LogP contribution in [0.15, 0.2) is 4.99 Å². The van der Waals surface area contributed by atoms with E-state index in [0.717, 1.165) is 77.5 Å². The molecular formula is C20H37IN4O2S. The summed E-state index contributed by atoms with van der Waals surface area (Å²) in [5.41, 5.74) is 1.23. The van der Waals surface area contributed by atoms with Crippen molar-refractivity contribution in [3.63, 3.8) is 0 Å². The third-order valence-electron chi connectivity index (χ3n) is 4.78. The van der Waals surface area contributed by atoms with E-state index in [-0.39, 0.29) is 24.0 Å². The van der Waals surface area contributed by atoms with Crippen molar-refractivity contribution in [2.45, 2.75) is 59.0 Å². The zero-order valence-electron chi connectivity index (χ0n) is 17.8. The molecule has 0 amide bonds. The Hall–Kier alpha value is -0.450. The third-order valence-corrected chi connectivity index (χ3v) is 5.85. The maximum Gasteiger partial charge on any atom is 0.193 e. The smallest absolute Gasteiger partial charge is 0.193 e. The van der Waals surface area contributed by atoms with E-state index >= 15 is 0 Å². The lowest BCUT2D eigenvalue weighted by atomic mass is 10.1. The van der Waals surface area contributed by atoms with Crippen LogP contribution >= 0.6 is 35.3 Å². The van der Waals surface area contributed by atoms with Crippen molar-refractivity contribution in [2.75, 3.05) is 46.5 Å². The highest BCUT2D eigenvalue weighted by Crippen LogP contribution is 2.18. The molecule has 1 aliphatic rings. The number of aromatic nitrogens is 1. The fourth-order valence-corrected chi connectivity index (χ4v) is 4.30. The molecule has 0 saturated carbocycles. The average molecular weight is 525 g/mol. The van der Waals surface area contributed by atoms with Gasteiger partial charge in [0.25, 0.3) is 0 Å². The predicted octanol–water partition coefficient (Wildman–Crippen LogP) is 3.66. The molecule has 0 aromatic carbocycles. The number of ether oxygens (including phenoxy) is 2. The molecule has 8 heteroatoms. The summed E-state index contributed by atoms with van der Waals surface area (Å²) in [6, 6.07) is 0. The molecule has 1 N–H and O–H groups in total. The molecule has 162 valence electrons. The quantitative estimate of drug-likeness (QED) is 0.219. The Labute approximate surface area is 191 Å². The van der Waals surface area contributed by atoms with Crippen LogP contribution < -0.4 is 5.32 Å². The fourth-order valence-electron chi connectivity index (χ4n) is 3.29. The summed E-state index contributed by atoms with van der Waals surface area (Å²) in [4.78, 5) is 13.3. The van der Waals surface area contributed by atoms with Gasteiger partial charge in [-0.15, -0.1) is 35.3 Å². The highest BCUT2D eigenvalue weighted by Gasteiger charge is 2.21. The fraction of sp³-hybridized carbons (Fsp3) is 0.800. The van der Waals surface area contributed by atoms with E-state index in [0.29, 0.717) is 6.10 Å². The summed E-state index contributed by atoms with van der Waals surface area (Å²) in [7, 11) is 1.73. The Kier molecular flexibility index (Phi) is 13.3. The van der Waals surface area contributed by atoms with Gasteiger partial charge in [-0.05, 0) is 39.5 Å². The summed E-state index contributed by atoms with van der Waals surface area (Å²) in [5, 5.41) is 4.64. The third kappa shape index (κ3) is 8.51. The van der Waals surface area contributed by atoms with E-state index in [9.17, 15) is 0 Å². The number of thiazole rings is 1. The van der Waals surface area contributed by atoms with Crippen LogP contribution in [0.25, 0.3) is 0 Å².